The average Bonchev–Trinajstić information content (AvgIpc) is 3.54. The maximum absolute atomic E-state index is 11.9. The second kappa shape index (κ2) is 12.7. The third-order valence-electron chi connectivity index (χ3n) is 5.96. The van der Waals surface area contributed by atoms with Crippen molar-refractivity contribution in [3.8, 4) is 17.1 Å². The minimum absolute atomic E-state index is 0.0854. The number of hydrogen-bond donors (Lipinski definition) is 3. The van der Waals surface area contributed by atoms with Crippen LogP contribution in [0.15, 0.2) is 43.1 Å². The van der Waals surface area contributed by atoms with Crippen LogP contribution in [-0.2, 0) is 13.6 Å². The van der Waals surface area contributed by atoms with Gasteiger partial charge in [0.1, 0.15) is 11.9 Å². The molecule has 0 saturated heterocycles. The molecule has 0 saturated carbocycles. The van der Waals surface area contributed by atoms with Gasteiger partial charge in [0.05, 0.1) is 30.2 Å². The van der Waals surface area contributed by atoms with Gasteiger partial charge in [-0.05, 0) is 18.6 Å². The van der Waals surface area contributed by atoms with E-state index in [1.165, 1.54) is 45.4 Å². The van der Waals surface area contributed by atoms with E-state index in [0.717, 1.165) is 13.0 Å². The van der Waals surface area contributed by atoms with E-state index >= 15 is 0 Å². The molecule has 1 aromatic carbocycles. The number of anilines is 4. The summed E-state index contributed by atoms with van der Waals surface area (Å²) in [7, 11) is 3.30. The molecule has 4 aromatic rings. The summed E-state index contributed by atoms with van der Waals surface area (Å²) < 4.78 is 9.11. The van der Waals surface area contributed by atoms with Gasteiger partial charge in [0.2, 0.25) is 5.95 Å². The Kier molecular flexibility index (Phi) is 8.85. The number of nitrogens with zero attached hydrogens (tertiary/aromatic N) is 7. The molecule has 0 fully saturated rings. The molecular weight excluding hydrogens is 486 g/mol. The average molecular weight is 520 g/mol. The highest BCUT2D eigenvalue weighted by Crippen LogP contribution is 2.36. The van der Waals surface area contributed by atoms with Crippen LogP contribution in [0.3, 0.4) is 0 Å². The molecule has 0 aliphatic heterocycles. The van der Waals surface area contributed by atoms with Crippen molar-refractivity contribution < 1.29 is 14.6 Å². The Hall–Kier alpha value is -4.48. The molecule has 38 heavy (non-hydrogen) atoms. The fraction of sp³-hybridized carbons (Fsp3) is 0.385. The van der Waals surface area contributed by atoms with E-state index in [1.807, 2.05) is 16.9 Å². The van der Waals surface area contributed by atoms with Crippen molar-refractivity contribution in [2.45, 2.75) is 52.0 Å². The summed E-state index contributed by atoms with van der Waals surface area (Å²) in [6.07, 6.45) is 13.7. The number of unbranched alkanes of at least 4 members (excludes halogenated alkanes) is 5. The predicted octanol–water partition coefficient (Wildman–Crippen LogP) is 5.02. The van der Waals surface area contributed by atoms with E-state index in [1.54, 1.807) is 36.4 Å². The summed E-state index contributed by atoms with van der Waals surface area (Å²) in [5.41, 5.74) is 1.79. The summed E-state index contributed by atoms with van der Waals surface area (Å²) in [6, 6.07) is 5.39. The summed E-state index contributed by atoms with van der Waals surface area (Å²) in [4.78, 5) is 24.8. The van der Waals surface area contributed by atoms with Gasteiger partial charge in [-0.25, -0.2) is 14.8 Å². The SMILES string of the molecule is CCCCCCCCn1cc(Nc2ncc(C(=O)O)c(Nc3cccc(-c4ncn(C)n4)c3OC)n2)cn1. The number of rotatable bonds is 14. The number of ether oxygens (including phenoxy) is 1. The van der Waals surface area contributed by atoms with E-state index in [2.05, 4.69) is 42.7 Å². The maximum Gasteiger partial charge on any atom is 0.341 e. The highest BCUT2D eigenvalue weighted by Gasteiger charge is 2.19. The molecule has 0 aliphatic carbocycles. The number of hydrogen-bond acceptors (Lipinski definition) is 9. The van der Waals surface area contributed by atoms with Crippen molar-refractivity contribution in [2.75, 3.05) is 17.7 Å². The lowest BCUT2D eigenvalue weighted by Crippen LogP contribution is -2.09. The van der Waals surface area contributed by atoms with Crippen molar-refractivity contribution in [3.63, 3.8) is 0 Å². The van der Waals surface area contributed by atoms with E-state index < -0.39 is 5.97 Å². The lowest BCUT2D eigenvalue weighted by Gasteiger charge is -2.15. The monoisotopic (exact) mass is 519 g/mol. The predicted molar refractivity (Wildman–Crippen MR) is 144 cm³/mol. The molecule has 0 bridgehead atoms. The first-order valence-corrected chi connectivity index (χ1v) is 12.7. The summed E-state index contributed by atoms with van der Waals surface area (Å²) >= 11 is 0. The number of carbonyl (C=O) groups is 1. The Morgan fingerprint density at radius 1 is 1.08 bits per heavy atom. The van der Waals surface area contributed by atoms with Crippen LogP contribution in [0.2, 0.25) is 0 Å². The van der Waals surface area contributed by atoms with Crippen LogP contribution in [0.1, 0.15) is 55.8 Å². The van der Waals surface area contributed by atoms with Gasteiger partial charge in [0.25, 0.3) is 0 Å². The molecular formula is C26H33N9O3. The smallest absolute Gasteiger partial charge is 0.341 e. The molecule has 3 aromatic heterocycles. The Morgan fingerprint density at radius 3 is 2.63 bits per heavy atom. The molecule has 4 rings (SSSR count). The van der Waals surface area contributed by atoms with Crippen molar-refractivity contribution in [3.05, 3.63) is 48.7 Å². The van der Waals surface area contributed by atoms with E-state index in [4.69, 9.17) is 4.74 Å². The summed E-state index contributed by atoms with van der Waals surface area (Å²) in [5.74, 6) is 0.123. The minimum atomic E-state index is -1.16. The molecule has 200 valence electrons. The molecule has 0 radical (unpaired) electrons. The van der Waals surface area contributed by atoms with Crippen LogP contribution < -0.4 is 15.4 Å². The molecule has 0 aliphatic rings. The number of aryl methyl sites for hydroxylation is 2. The second-order valence-electron chi connectivity index (χ2n) is 8.90. The lowest BCUT2D eigenvalue weighted by molar-refractivity contribution is 0.0697. The van der Waals surface area contributed by atoms with Crippen molar-refractivity contribution in [1.29, 1.82) is 0 Å². The number of benzene rings is 1. The van der Waals surface area contributed by atoms with Crippen molar-refractivity contribution in [1.82, 2.24) is 34.5 Å². The van der Waals surface area contributed by atoms with Gasteiger partial charge >= 0.3 is 5.97 Å². The minimum Gasteiger partial charge on any atom is -0.494 e. The Morgan fingerprint density at radius 2 is 1.89 bits per heavy atom. The van der Waals surface area contributed by atoms with E-state index in [-0.39, 0.29) is 17.3 Å². The van der Waals surface area contributed by atoms with Crippen LogP contribution in [0.5, 0.6) is 5.75 Å². The topological polar surface area (TPSA) is 145 Å². The maximum atomic E-state index is 11.9. The zero-order valence-corrected chi connectivity index (χ0v) is 21.9. The fourth-order valence-electron chi connectivity index (χ4n) is 4.05. The number of aromatic carboxylic acids is 1. The largest absolute Gasteiger partial charge is 0.494 e. The number of para-hydroxylation sites is 1. The zero-order valence-electron chi connectivity index (χ0n) is 21.9. The third kappa shape index (κ3) is 6.64. The molecule has 0 spiro atoms. The highest BCUT2D eigenvalue weighted by molar-refractivity contribution is 5.94. The Balaban J connectivity index is 1.50. The molecule has 0 amide bonds. The van der Waals surface area contributed by atoms with E-state index in [9.17, 15) is 9.90 Å². The number of carboxylic acid groups (broad SMARTS) is 1. The second-order valence-corrected chi connectivity index (χ2v) is 8.90. The normalized spacial score (nSPS) is 10.9. The number of aromatic nitrogens is 7. The third-order valence-corrected chi connectivity index (χ3v) is 5.96. The summed E-state index contributed by atoms with van der Waals surface area (Å²) in [5, 5.41) is 24.7. The van der Waals surface area contributed by atoms with Crippen LogP contribution in [-0.4, -0.2) is 52.7 Å². The van der Waals surface area contributed by atoms with Gasteiger partial charge in [0, 0.05) is 26.0 Å². The standard InChI is InChI=1S/C26H33N9O3/c1-4-5-6-7-8-9-13-35-16-18(14-29-35)30-26-27-15-20(25(36)37)24(32-26)31-21-12-10-11-19(22(21)38-3)23-28-17-34(2)33-23/h10-12,14-17H,4-9,13H2,1-3H3,(H,36,37)(H2,27,30,31,32). The van der Waals surface area contributed by atoms with Crippen LogP contribution in [0.4, 0.5) is 23.1 Å². The zero-order chi connectivity index (χ0) is 26.9. The first-order chi connectivity index (χ1) is 18.5. The number of methoxy groups -OCH3 is 1. The van der Waals surface area contributed by atoms with Crippen molar-refractivity contribution in [2.24, 2.45) is 7.05 Å². The highest BCUT2D eigenvalue weighted by atomic mass is 16.5. The molecule has 12 heteroatoms. The van der Waals surface area contributed by atoms with Crippen LogP contribution >= 0.6 is 0 Å². The van der Waals surface area contributed by atoms with Gasteiger partial charge in [-0.3, -0.25) is 9.36 Å². The molecule has 3 heterocycles. The van der Waals surface area contributed by atoms with Crippen LogP contribution in [0, 0.1) is 0 Å². The van der Waals surface area contributed by atoms with Gasteiger partial charge in [-0.2, -0.15) is 15.2 Å². The van der Waals surface area contributed by atoms with Crippen molar-refractivity contribution >= 4 is 29.1 Å². The first kappa shape index (κ1) is 26.6. The van der Waals surface area contributed by atoms with Gasteiger partial charge in [0.15, 0.2) is 17.4 Å². The van der Waals surface area contributed by atoms with E-state index in [0.29, 0.717) is 28.5 Å². The Bertz CT molecular complexity index is 1370. The van der Waals surface area contributed by atoms with Gasteiger partial charge < -0.3 is 20.5 Å². The lowest BCUT2D eigenvalue weighted by atomic mass is 10.1. The summed E-state index contributed by atoms with van der Waals surface area (Å²) in [6.45, 7) is 3.05. The molecule has 0 unspecified atom stereocenters. The van der Waals surface area contributed by atoms with Gasteiger partial charge in [-0.15, -0.1) is 0 Å². The first-order valence-electron chi connectivity index (χ1n) is 12.7. The van der Waals surface area contributed by atoms with Crippen LogP contribution in [0.25, 0.3) is 11.4 Å². The fourth-order valence-corrected chi connectivity index (χ4v) is 4.05. The molecule has 0 atom stereocenters. The molecule has 3 N–H and O–H groups in total. The number of nitrogens with one attached hydrogen (secondary N) is 2. The Labute approximate surface area is 221 Å². The molecule has 12 nitrogen and oxygen atoms in total. The quantitative estimate of drug-likeness (QED) is 0.194. The number of carboxylic acids is 1. The van der Waals surface area contributed by atoms with Gasteiger partial charge in [-0.1, -0.05) is 45.1 Å².